The van der Waals surface area contributed by atoms with Crippen LogP contribution in [0.25, 0.3) is 0 Å². The molecule has 2 rings (SSSR count). The van der Waals surface area contributed by atoms with Crippen LogP contribution in [-0.4, -0.2) is 10.2 Å². The van der Waals surface area contributed by atoms with Crippen molar-refractivity contribution in [3.63, 3.8) is 0 Å². The fourth-order valence-electron chi connectivity index (χ4n) is 1.31. The Balaban J connectivity index is 1.83. The lowest BCUT2D eigenvalue weighted by atomic mass is 10.3. The third kappa shape index (κ3) is 2.90. The maximum Gasteiger partial charge on any atom is 0.0730 e. The van der Waals surface area contributed by atoms with E-state index in [2.05, 4.69) is 44.4 Å². The molecule has 0 bridgehead atoms. The Morgan fingerprint density at radius 2 is 2.40 bits per heavy atom. The Morgan fingerprint density at radius 1 is 1.53 bits per heavy atom. The smallest absolute Gasteiger partial charge is 0.0730 e. The minimum atomic E-state index is 0.828. The highest BCUT2D eigenvalue weighted by atomic mass is 79.9. The maximum atomic E-state index is 3.90. The molecule has 80 valence electrons. The zero-order valence-corrected chi connectivity index (χ0v) is 10.8. The number of H-pyrrole nitrogens is 1. The third-order valence-electron chi connectivity index (χ3n) is 2.08. The first-order valence-electron chi connectivity index (χ1n) is 4.69. The maximum absolute atomic E-state index is 3.90. The van der Waals surface area contributed by atoms with Gasteiger partial charge in [0.05, 0.1) is 3.79 Å². The molecule has 0 aliphatic rings. The molecule has 3 nitrogen and oxygen atoms in total. The van der Waals surface area contributed by atoms with Crippen LogP contribution in [0.15, 0.2) is 22.1 Å². The number of aromatic nitrogens is 2. The quantitative estimate of drug-likeness (QED) is 0.907. The van der Waals surface area contributed by atoms with Gasteiger partial charge in [0.2, 0.25) is 0 Å². The van der Waals surface area contributed by atoms with E-state index in [4.69, 9.17) is 0 Å². The number of aromatic amines is 1. The van der Waals surface area contributed by atoms with Crippen molar-refractivity contribution in [3.05, 3.63) is 38.3 Å². The Labute approximate surface area is 101 Å². The molecule has 0 aliphatic heterocycles. The topological polar surface area (TPSA) is 40.7 Å². The highest BCUT2D eigenvalue weighted by Gasteiger charge is 2.02. The number of thiophene rings is 1. The molecule has 15 heavy (non-hydrogen) atoms. The van der Waals surface area contributed by atoms with Crippen LogP contribution in [0, 0.1) is 6.92 Å². The number of hydrogen-bond donors (Lipinski definition) is 2. The molecule has 0 saturated heterocycles. The zero-order chi connectivity index (χ0) is 10.7. The predicted molar refractivity (Wildman–Crippen MR) is 65.9 cm³/mol. The summed E-state index contributed by atoms with van der Waals surface area (Å²) in [6.45, 7) is 3.84. The van der Waals surface area contributed by atoms with Gasteiger partial charge in [-0.05, 0) is 40.5 Å². The van der Waals surface area contributed by atoms with Gasteiger partial charge in [0.1, 0.15) is 0 Å². The normalized spacial score (nSPS) is 10.8. The predicted octanol–water partition coefficient (Wildman–Crippen LogP) is 2.83. The Bertz CT molecular complexity index is 402. The summed E-state index contributed by atoms with van der Waals surface area (Å²) < 4.78 is 1.22. The summed E-state index contributed by atoms with van der Waals surface area (Å²) in [5.41, 5.74) is 2.42. The Hall–Kier alpha value is -0.650. The first-order valence-corrected chi connectivity index (χ1v) is 6.30. The van der Waals surface area contributed by atoms with Crippen molar-refractivity contribution in [2.45, 2.75) is 20.0 Å². The minimum absolute atomic E-state index is 0.828. The van der Waals surface area contributed by atoms with Crippen LogP contribution in [0.1, 0.15) is 16.1 Å². The van der Waals surface area contributed by atoms with Crippen molar-refractivity contribution >= 4 is 27.3 Å². The molecular weight excluding hydrogens is 274 g/mol. The molecule has 2 N–H and O–H groups in total. The van der Waals surface area contributed by atoms with Gasteiger partial charge in [0.15, 0.2) is 0 Å². The average molecular weight is 286 g/mol. The molecule has 0 spiro atoms. The van der Waals surface area contributed by atoms with Crippen LogP contribution < -0.4 is 5.32 Å². The number of rotatable bonds is 4. The van der Waals surface area contributed by atoms with E-state index in [1.54, 1.807) is 17.5 Å². The highest BCUT2D eigenvalue weighted by Crippen LogP contribution is 2.27. The van der Waals surface area contributed by atoms with Crippen molar-refractivity contribution in [3.8, 4) is 0 Å². The number of nitrogens with zero attached hydrogens (tertiary/aromatic N) is 1. The first kappa shape index (κ1) is 10.9. The van der Waals surface area contributed by atoms with Gasteiger partial charge in [-0.1, -0.05) is 0 Å². The summed E-state index contributed by atoms with van der Waals surface area (Å²) >= 11 is 5.30. The van der Waals surface area contributed by atoms with Gasteiger partial charge in [-0.25, -0.2) is 0 Å². The molecule has 2 aromatic rings. The van der Waals surface area contributed by atoms with Gasteiger partial charge < -0.3 is 5.32 Å². The number of aryl methyl sites for hydroxylation is 1. The first-order chi connectivity index (χ1) is 7.25. The second-order valence-electron chi connectivity index (χ2n) is 3.35. The molecule has 0 radical (unpaired) electrons. The fraction of sp³-hybridized carbons (Fsp3) is 0.300. The van der Waals surface area contributed by atoms with Crippen LogP contribution in [0.5, 0.6) is 0 Å². The van der Waals surface area contributed by atoms with Crippen LogP contribution in [0.2, 0.25) is 0 Å². The van der Waals surface area contributed by atoms with Gasteiger partial charge in [-0.2, -0.15) is 5.10 Å². The van der Waals surface area contributed by atoms with E-state index in [9.17, 15) is 0 Å². The second-order valence-corrected chi connectivity index (χ2v) is 5.81. The van der Waals surface area contributed by atoms with Crippen LogP contribution in [-0.2, 0) is 13.1 Å². The van der Waals surface area contributed by atoms with Gasteiger partial charge >= 0.3 is 0 Å². The molecule has 0 aliphatic carbocycles. The van der Waals surface area contributed by atoms with Gasteiger partial charge in [-0.15, -0.1) is 11.3 Å². The lowest BCUT2D eigenvalue weighted by molar-refractivity contribution is 0.684. The van der Waals surface area contributed by atoms with Crippen molar-refractivity contribution in [1.82, 2.24) is 15.5 Å². The van der Waals surface area contributed by atoms with Crippen LogP contribution in [0.3, 0.4) is 0 Å². The average Bonchev–Trinajstić information content (AvgIpc) is 2.79. The fourth-order valence-corrected chi connectivity index (χ4v) is 2.91. The summed E-state index contributed by atoms with van der Waals surface area (Å²) in [6, 6.07) is 4.18. The third-order valence-corrected chi connectivity index (χ3v) is 4.22. The number of halogens is 1. The molecular formula is C10H12BrN3S. The van der Waals surface area contributed by atoms with Crippen molar-refractivity contribution < 1.29 is 0 Å². The lowest BCUT2D eigenvalue weighted by Gasteiger charge is -1.99. The van der Waals surface area contributed by atoms with E-state index in [0.29, 0.717) is 0 Å². The molecule has 0 unspecified atom stereocenters. The second kappa shape index (κ2) is 4.92. The standard InChI is InChI=1S/C10H12BrN3S/c1-7-4-9(15-10(7)11)6-12-5-8-2-3-13-14-8/h2-4,12H,5-6H2,1H3,(H,13,14). The SMILES string of the molecule is Cc1cc(CNCc2ccn[nH]2)sc1Br. The summed E-state index contributed by atoms with van der Waals surface area (Å²) in [5.74, 6) is 0. The van der Waals surface area contributed by atoms with Gasteiger partial charge in [0.25, 0.3) is 0 Å². The molecule has 2 heterocycles. The lowest BCUT2D eigenvalue weighted by Crippen LogP contribution is -2.11. The van der Waals surface area contributed by atoms with E-state index in [1.165, 1.54) is 14.2 Å². The summed E-state index contributed by atoms with van der Waals surface area (Å²) in [6.07, 6.45) is 1.77. The molecule has 0 saturated carbocycles. The zero-order valence-electron chi connectivity index (χ0n) is 8.38. The van der Waals surface area contributed by atoms with Crippen LogP contribution >= 0.6 is 27.3 Å². The highest BCUT2D eigenvalue weighted by molar-refractivity contribution is 9.11. The molecule has 5 heteroatoms. The largest absolute Gasteiger partial charge is 0.306 e. The van der Waals surface area contributed by atoms with Crippen molar-refractivity contribution in [1.29, 1.82) is 0 Å². The molecule has 0 amide bonds. The molecule has 0 fully saturated rings. The monoisotopic (exact) mass is 285 g/mol. The van der Waals surface area contributed by atoms with Crippen LogP contribution in [0.4, 0.5) is 0 Å². The van der Waals surface area contributed by atoms with Gasteiger partial charge in [-0.3, -0.25) is 5.10 Å². The molecule has 2 aromatic heterocycles. The van der Waals surface area contributed by atoms with E-state index in [1.807, 2.05) is 6.07 Å². The van der Waals surface area contributed by atoms with Gasteiger partial charge in [0, 0.05) is 29.9 Å². The minimum Gasteiger partial charge on any atom is -0.306 e. The van der Waals surface area contributed by atoms with E-state index in [0.717, 1.165) is 18.8 Å². The number of nitrogens with one attached hydrogen (secondary N) is 2. The van der Waals surface area contributed by atoms with Crippen molar-refractivity contribution in [2.75, 3.05) is 0 Å². The molecule has 0 atom stereocenters. The summed E-state index contributed by atoms with van der Waals surface area (Å²) in [7, 11) is 0. The summed E-state index contributed by atoms with van der Waals surface area (Å²) in [5, 5.41) is 10.2. The summed E-state index contributed by atoms with van der Waals surface area (Å²) in [4.78, 5) is 1.35. The van der Waals surface area contributed by atoms with E-state index >= 15 is 0 Å². The van der Waals surface area contributed by atoms with E-state index < -0.39 is 0 Å². The van der Waals surface area contributed by atoms with Crippen molar-refractivity contribution in [2.24, 2.45) is 0 Å². The Kier molecular flexibility index (Phi) is 3.56. The Morgan fingerprint density at radius 3 is 3.00 bits per heavy atom. The molecule has 0 aromatic carbocycles. The number of hydrogen-bond acceptors (Lipinski definition) is 3. The van der Waals surface area contributed by atoms with E-state index in [-0.39, 0.29) is 0 Å².